The zero-order valence-corrected chi connectivity index (χ0v) is 12.4. The summed E-state index contributed by atoms with van der Waals surface area (Å²) in [5.74, 6) is 0. The molecule has 0 aliphatic carbocycles. The summed E-state index contributed by atoms with van der Waals surface area (Å²) in [7, 11) is 0. The molecule has 1 atom stereocenters. The summed E-state index contributed by atoms with van der Waals surface area (Å²) in [6.07, 6.45) is 1.05. The highest BCUT2D eigenvalue weighted by molar-refractivity contribution is 5.82. The lowest BCUT2D eigenvalue weighted by Crippen LogP contribution is -2.27. The van der Waals surface area contributed by atoms with Gasteiger partial charge < -0.3 is 5.32 Å². The molecule has 0 saturated carbocycles. The van der Waals surface area contributed by atoms with Crippen LogP contribution in [0.2, 0.25) is 0 Å². The van der Waals surface area contributed by atoms with Crippen LogP contribution in [0, 0.1) is 0 Å². The van der Waals surface area contributed by atoms with Gasteiger partial charge in [-0.05, 0) is 35.2 Å². The lowest BCUT2D eigenvalue weighted by molar-refractivity contribution is 0.545. The number of hydrogen-bond acceptors (Lipinski definition) is 1. The first-order valence-electron chi connectivity index (χ1n) is 7.56. The molecule has 0 spiro atoms. The monoisotopic (exact) mass is 275 g/mol. The van der Waals surface area contributed by atoms with Crippen molar-refractivity contribution in [2.75, 3.05) is 0 Å². The number of rotatable bonds is 5. The van der Waals surface area contributed by atoms with Crippen LogP contribution in [0.1, 0.15) is 18.1 Å². The van der Waals surface area contributed by atoms with E-state index in [1.165, 1.54) is 21.9 Å². The standard InChI is InChI=1S/C20H21N/c1-16(21-15-17-7-3-2-4-8-17)13-18-11-12-19-9-5-6-10-20(19)14-18/h2-12,14,16,21H,13,15H2,1H3. The second kappa shape index (κ2) is 6.55. The smallest absolute Gasteiger partial charge is 0.0208 e. The Morgan fingerprint density at radius 2 is 1.48 bits per heavy atom. The van der Waals surface area contributed by atoms with Gasteiger partial charge in [0.2, 0.25) is 0 Å². The average Bonchev–Trinajstić information content (AvgIpc) is 2.54. The molecule has 0 saturated heterocycles. The Morgan fingerprint density at radius 1 is 0.762 bits per heavy atom. The van der Waals surface area contributed by atoms with Crippen LogP contribution in [0.3, 0.4) is 0 Å². The van der Waals surface area contributed by atoms with Crippen LogP contribution in [-0.2, 0) is 13.0 Å². The van der Waals surface area contributed by atoms with Gasteiger partial charge in [-0.3, -0.25) is 0 Å². The number of benzene rings is 3. The molecule has 1 unspecified atom stereocenters. The van der Waals surface area contributed by atoms with Crippen LogP contribution in [0.4, 0.5) is 0 Å². The summed E-state index contributed by atoms with van der Waals surface area (Å²) in [4.78, 5) is 0. The first-order chi connectivity index (χ1) is 10.3. The van der Waals surface area contributed by atoms with Crippen molar-refractivity contribution in [1.82, 2.24) is 5.32 Å². The third-order valence-electron chi connectivity index (χ3n) is 3.85. The Morgan fingerprint density at radius 3 is 2.29 bits per heavy atom. The fraction of sp³-hybridized carbons (Fsp3) is 0.200. The summed E-state index contributed by atoms with van der Waals surface area (Å²) >= 11 is 0. The summed E-state index contributed by atoms with van der Waals surface area (Å²) in [5.41, 5.74) is 2.73. The molecule has 1 N–H and O–H groups in total. The van der Waals surface area contributed by atoms with Crippen LogP contribution in [-0.4, -0.2) is 6.04 Å². The van der Waals surface area contributed by atoms with Gasteiger partial charge in [-0.25, -0.2) is 0 Å². The van der Waals surface area contributed by atoms with Crippen LogP contribution in [0.15, 0.2) is 72.8 Å². The molecule has 0 aliphatic heterocycles. The average molecular weight is 275 g/mol. The maximum atomic E-state index is 3.60. The fourth-order valence-electron chi connectivity index (χ4n) is 2.68. The lowest BCUT2D eigenvalue weighted by atomic mass is 10.0. The second-order valence-corrected chi connectivity index (χ2v) is 5.65. The minimum Gasteiger partial charge on any atom is -0.310 e. The molecule has 0 fully saturated rings. The molecule has 0 aliphatic rings. The van der Waals surface area contributed by atoms with Gasteiger partial charge in [-0.15, -0.1) is 0 Å². The number of nitrogens with one attached hydrogen (secondary N) is 1. The summed E-state index contributed by atoms with van der Waals surface area (Å²) < 4.78 is 0. The summed E-state index contributed by atoms with van der Waals surface area (Å²) in [5, 5.41) is 6.23. The van der Waals surface area contributed by atoms with Gasteiger partial charge in [0.05, 0.1) is 0 Å². The molecule has 1 heteroatoms. The van der Waals surface area contributed by atoms with Crippen molar-refractivity contribution < 1.29 is 0 Å². The van der Waals surface area contributed by atoms with Crippen molar-refractivity contribution in [2.24, 2.45) is 0 Å². The Kier molecular flexibility index (Phi) is 4.32. The zero-order chi connectivity index (χ0) is 14.5. The predicted octanol–water partition coefficient (Wildman–Crippen LogP) is 4.56. The zero-order valence-electron chi connectivity index (χ0n) is 12.4. The largest absolute Gasteiger partial charge is 0.310 e. The van der Waals surface area contributed by atoms with Crippen molar-refractivity contribution in [1.29, 1.82) is 0 Å². The van der Waals surface area contributed by atoms with E-state index in [1.54, 1.807) is 0 Å². The Balaban J connectivity index is 1.62. The van der Waals surface area contributed by atoms with E-state index in [9.17, 15) is 0 Å². The van der Waals surface area contributed by atoms with Gasteiger partial charge in [0.15, 0.2) is 0 Å². The highest BCUT2D eigenvalue weighted by Crippen LogP contribution is 2.16. The van der Waals surface area contributed by atoms with E-state index in [0.717, 1.165) is 13.0 Å². The van der Waals surface area contributed by atoms with Crippen molar-refractivity contribution in [2.45, 2.75) is 25.9 Å². The SMILES string of the molecule is CC(Cc1ccc2ccccc2c1)NCc1ccccc1. The van der Waals surface area contributed by atoms with Gasteiger partial charge in [0.1, 0.15) is 0 Å². The first-order valence-corrected chi connectivity index (χ1v) is 7.56. The van der Waals surface area contributed by atoms with E-state index in [2.05, 4.69) is 85.0 Å². The number of fused-ring (bicyclic) bond motifs is 1. The molecule has 0 heterocycles. The maximum Gasteiger partial charge on any atom is 0.0208 e. The van der Waals surface area contributed by atoms with Gasteiger partial charge in [-0.2, -0.15) is 0 Å². The van der Waals surface area contributed by atoms with Gasteiger partial charge in [0.25, 0.3) is 0 Å². The molecule has 0 radical (unpaired) electrons. The van der Waals surface area contributed by atoms with Crippen LogP contribution in [0.25, 0.3) is 10.8 Å². The minimum atomic E-state index is 0.464. The van der Waals surface area contributed by atoms with E-state index >= 15 is 0 Å². The molecule has 21 heavy (non-hydrogen) atoms. The highest BCUT2D eigenvalue weighted by Gasteiger charge is 2.04. The lowest BCUT2D eigenvalue weighted by Gasteiger charge is -2.14. The second-order valence-electron chi connectivity index (χ2n) is 5.65. The van der Waals surface area contributed by atoms with E-state index in [1.807, 2.05) is 0 Å². The van der Waals surface area contributed by atoms with Gasteiger partial charge in [-0.1, -0.05) is 72.8 Å². The van der Waals surface area contributed by atoms with Crippen LogP contribution in [0.5, 0.6) is 0 Å². The molecule has 3 rings (SSSR count). The first kappa shape index (κ1) is 13.8. The highest BCUT2D eigenvalue weighted by atomic mass is 14.9. The molecule has 0 bridgehead atoms. The van der Waals surface area contributed by atoms with Crippen LogP contribution < -0.4 is 5.32 Å². The fourth-order valence-corrected chi connectivity index (χ4v) is 2.68. The molecular formula is C20H21N. The van der Waals surface area contributed by atoms with Crippen molar-refractivity contribution in [3.63, 3.8) is 0 Å². The van der Waals surface area contributed by atoms with Gasteiger partial charge in [0, 0.05) is 12.6 Å². The topological polar surface area (TPSA) is 12.0 Å². The summed E-state index contributed by atoms with van der Waals surface area (Å²) in [6.45, 7) is 3.17. The van der Waals surface area contributed by atoms with E-state index in [-0.39, 0.29) is 0 Å². The van der Waals surface area contributed by atoms with E-state index in [0.29, 0.717) is 6.04 Å². The molecule has 3 aromatic carbocycles. The molecule has 3 aromatic rings. The predicted molar refractivity (Wildman–Crippen MR) is 90.4 cm³/mol. The van der Waals surface area contributed by atoms with E-state index < -0.39 is 0 Å². The third-order valence-corrected chi connectivity index (χ3v) is 3.85. The van der Waals surface area contributed by atoms with Gasteiger partial charge >= 0.3 is 0 Å². The Labute approximate surface area is 126 Å². The maximum absolute atomic E-state index is 3.60. The third kappa shape index (κ3) is 3.71. The van der Waals surface area contributed by atoms with Crippen molar-refractivity contribution in [3.05, 3.63) is 83.9 Å². The minimum absolute atomic E-state index is 0.464. The Hall–Kier alpha value is -2.12. The van der Waals surface area contributed by atoms with Crippen molar-refractivity contribution >= 4 is 10.8 Å². The van der Waals surface area contributed by atoms with E-state index in [4.69, 9.17) is 0 Å². The Bertz CT molecular complexity index is 703. The molecule has 1 nitrogen and oxygen atoms in total. The number of hydrogen-bond donors (Lipinski definition) is 1. The molecule has 0 aromatic heterocycles. The normalized spacial score (nSPS) is 12.4. The van der Waals surface area contributed by atoms with Crippen LogP contribution >= 0.6 is 0 Å². The molecule has 0 amide bonds. The molecule has 106 valence electrons. The molecular weight excluding hydrogens is 254 g/mol. The summed E-state index contributed by atoms with van der Waals surface area (Å²) in [6, 6.07) is 26.3. The van der Waals surface area contributed by atoms with Crippen molar-refractivity contribution in [3.8, 4) is 0 Å². The quantitative estimate of drug-likeness (QED) is 0.719.